The van der Waals surface area contributed by atoms with Crippen molar-refractivity contribution in [3.8, 4) is 0 Å². The number of carbonyl (C=O) groups is 2. The molecule has 0 spiro atoms. The molecule has 4 heteroatoms. The van der Waals surface area contributed by atoms with Crippen LogP contribution in [0.15, 0.2) is 24.3 Å². The van der Waals surface area contributed by atoms with E-state index >= 15 is 0 Å². The molecule has 0 aliphatic rings. The van der Waals surface area contributed by atoms with E-state index in [0.29, 0.717) is 17.9 Å². The van der Waals surface area contributed by atoms with Crippen molar-refractivity contribution in [2.75, 3.05) is 7.11 Å². The monoisotopic (exact) mass is 293 g/mol. The molecule has 1 rings (SSSR count). The Hall–Kier alpha value is -1.84. The van der Waals surface area contributed by atoms with Gasteiger partial charge in [0, 0.05) is 6.42 Å². The third-order valence-corrected chi connectivity index (χ3v) is 2.80. The van der Waals surface area contributed by atoms with Gasteiger partial charge < -0.3 is 10.1 Å². The minimum Gasteiger partial charge on any atom is -0.465 e. The van der Waals surface area contributed by atoms with Crippen LogP contribution in [0.2, 0.25) is 0 Å². The Balaban J connectivity index is 0.00000191. The molecule has 1 atom stereocenters. The van der Waals surface area contributed by atoms with Crippen LogP contribution in [0.5, 0.6) is 0 Å². The van der Waals surface area contributed by atoms with Crippen LogP contribution < -0.4 is 5.32 Å². The van der Waals surface area contributed by atoms with E-state index < -0.39 is 0 Å². The molecule has 1 aromatic carbocycles. The van der Waals surface area contributed by atoms with Gasteiger partial charge in [0.05, 0.1) is 18.7 Å². The summed E-state index contributed by atoms with van der Waals surface area (Å²) in [5.41, 5.74) is 1.47. The topological polar surface area (TPSA) is 55.4 Å². The van der Waals surface area contributed by atoms with Crippen LogP contribution in [0.4, 0.5) is 0 Å². The molecular weight excluding hydrogens is 266 g/mol. The molecule has 0 aliphatic carbocycles. The zero-order chi connectivity index (χ0) is 16.4. The van der Waals surface area contributed by atoms with Gasteiger partial charge in [-0.3, -0.25) is 4.79 Å². The van der Waals surface area contributed by atoms with Gasteiger partial charge in [-0.25, -0.2) is 4.79 Å². The average Bonchev–Trinajstić information content (AvgIpc) is 2.47. The molecule has 118 valence electrons. The van der Waals surface area contributed by atoms with E-state index in [1.807, 2.05) is 46.8 Å². The van der Waals surface area contributed by atoms with E-state index in [2.05, 4.69) is 10.1 Å². The van der Waals surface area contributed by atoms with E-state index in [9.17, 15) is 9.59 Å². The summed E-state index contributed by atoms with van der Waals surface area (Å²) in [5, 5.41) is 2.94. The normalized spacial score (nSPS) is 11.2. The number of hydrogen-bond donors (Lipinski definition) is 1. The third-order valence-electron chi connectivity index (χ3n) is 2.80. The van der Waals surface area contributed by atoms with Crippen molar-refractivity contribution in [1.82, 2.24) is 5.32 Å². The van der Waals surface area contributed by atoms with Crippen molar-refractivity contribution in [1.29, 1.82) is 0 Å². The maximum atomic E-state index is 11.7. The molecule has 1 aromatic rings. The third kappa shape index (κ3) is 6.93. The Labute approximate surface area is 127 Å². The molecule has 0 saturated heterocycles. The largest absolute Gasteiger partial charge is 0.465 e. The molecule has 0 bridgehead atoms. The molecular formula is C17H27NO3. The smallest absolute Gasteiger partial charge is 0.337 e. The van der Waals surface area contributed by atoms with Crippen LogP contribution in [-0.4, -0.2) is 19.0 Å². The Bertz CT molecular complexity index is 438. The lowest BCUT2D eigenvalue weighted by Crippen LogP contribution is -2.27. The van der Waals surface area contributed by atoms with Gasteiger partial charge in [-0.2, -0.15) is 0 Å². The number of methoxy groups -OCH3 is 1. The lowest BCUT2D eigenvalue weighted by molar-refractivity contribution is -0.122. The van der Waals surface area contributed by atoms with Gasteiger partial charge >= 0.3 is 5.97 Å². The second-order valence-corrected chi connectivity index (χ2v) is 5.00. The van der Waals surface area contributed by atoms with E-state index in [-0.39, 0.29) is 17.9 Å². The van der Waals surface area contributed by atoms with Crippen LogP contribution in [0.25, 0.3) is 0 Å². The van der Waals surface area contributed by atoms with Gasteiger partial charge in [0.15, 0.2) is 0 Å². The predicted molar refractivity (Wildman–Crippen MR) is 85.1 cm³/mol. The van der Waals surface area contributed by atoms with Gasteiger partial charge in [-0.15, -0.1) is 0 Å². The van der Waals surface area contributed by atoms with E-state index in [1.165, 1.54) is 7.11 Å². The van der Waals surface area contributed by atoms with E-state index in [0.717, 1.165) is 5.56 Å². The maximum absolute atomic E-state index is 11.7. The Morgan fingerprint density at radius 1 is 1.10 bits per heavy atom. The molecule has 1 N–H and O–H groups in total. The van der Waals surface area contributed by atoms with Gasteiger partial charge in [-0.05, 0) is 30.5 Å². The second kappa shape index (κ2) is 9.97. The Morgan fingerprint density at radius 2 is 1.62 bits per heavy atom. The molecule has 0 aromatic heterocycles. The lowest BCUT2D eigenvalue weighted by Gasteiger charge is -2.15. The highest BCUT2D eigenvalue weighted by molar-refractivity contribution is 5.89. The average molecular weight is 293 g/mol. The van der Waals surface area contributed by atoms with Crippen LogP contribution in [0, 0.1) is 5.92 Å². The van der Waals surface area contributed by atoms with Crippen molar-refractivity contribution < 1.29 is 14.3 Å². The molecule has 1 amide bonds. The summed E-state index contributed by atoms with van der Waals surface area (Å²) < 4.78 is 4.64. The van der Waals surface area contributed by atoms with E-state index in [4.69, 9.17) is 0 Å². The summed E-state index contributed by atoms with van der Waals surface area (Å²) in [5.74, 6) is 0.0245. The van der Waals surface area contributed by atoms with Gasteiger partial charge in [0.2, 0.25) is 5.91 Å². The summed E-state index contributed by atoms with van der Waals surface area (Å²) in [4.78, 5) is 23.0. The highest BCUT2D eigenvalue weighted by Gasteiger charge is 2.12. The summed E-state index contributed by atoms with van der Waals surface area (Å²) in [6.45, 7) is 9.94. The highest BCUT2D eigenvalue weighted by atomic mass is 16.5. The highest BCUT2D eigenvalue weighted by Crippen LogP contribution is 2.14. The predicted octanol–water partition coefficient (Wildman–Crippen LogP) is 3.72. The molecule has 0 saturated carbocycles. The maximum Gasteiger partial charge on any atom is 0.337 e. The lowest BCUT2D eigenvalue weighted by atomic mass is 10.0. The number of nitrogens with one attached hydrogen (secondary N) is 1. The number of hydrogen-bond acceptors (Lipinski definition) is 3. The summed E-state index contributed by atoms with van der Waals surface area (Å²) in [6.07, 6.45) is 0.518. The first-order valence-corrected chi connectivity index (χ1v) is 7.41. The van der Waals surface area contributed by atoms with Crippen molar-refractivity contribution in [2.24, 2.45) is 5.92 Å². The quantitative estimate of drug-likeness (QED) is 0.842. The molecule has 21 heavy (non-hydrogen) atoms. The molecule has 0 radical (unpaired) electrons. The van der Waals surface area contributed by atoms with Gasteiger partial charge in [-0.1, -0.05) is 39.8 Å². The van der Waals surface area contributed by atoms with Crippen molar-refractivity contribution in [3.63, 3.8) is 0 Å². The Morgan fingerprint density at radius 3 is 2.05 bits per heavy atom. The second-order valence-electron chi connectivity index (χ2n) is 5.00. The number of carbonyl (C=O) groups excluding carboxylic acids is 2. The van der Waals surface area contributed by atoms with Crippen molar-refractivity contribution in [3.05, 3.63) is 35.4 Å². The minimum atomic E-state index is -0.358. The van der Waals surface area contributed by atoms with Crippen LogP contribution in [0.1, 0.15) is 63.0 Å². The van der Waals surface area contributed by atoms with Crippen LogP contribution >= 0.6 is 0 Å². The van der Waals surface area contributed by atoms with Crippen LogP contribution in [0.3, 0.4) is 0 Å². The zero-order valence-corrected chi connectivity index (χ0v) is 13.9. The molecule has 0 heterocycles. The fourth-order valence-electron chi connectivity index (χ4n) is 1.78. The fourth-order valence-corrected chi connectivity index (χ4v) is 1.78. The number of benzene rings is 1. The molecule has 1 unspecified atom stereocenters. The van der Waals surface area contributed by atoms with Gasteiger partial charge in [0.1, 0.15) is 0 Å². The number of amides is 1. The molecule has 0 aliphatic heterocycles. The summed E-state index contributed by atoms with van der Waals surface area (Å²) in [6, 6.07) is 6.98. The fraction of sp³-hybridized carbons (Fsp3) is 0.529. The first-order chi connectivity index (χ1) is 9.93. The SMILES string of the molecule is CC.COC(=O)c1ccc(C(C)NC(=O)CC(C)C)cc1. The zero-order valence-electron chi connectivity index (χ0n) is 13.9. The van der Waals surface area contributed by atoms with Crippen molar-refractivity contribution >= 4 is 11.9 Å². The number of esters is 1. The first kappa shape index (κ1) is 19.2. The molecule has 4 nitrogen and oxygen atoms in total. The van der Waals surface area contributed by atoms with Crippen LogP contribution in [-0.2, 0) is 9.53 Å². The molecule has 0 fully saturated rings. The summed E-state index contributed by atoms with van der Waals surface area (Å²) in [7, 11) is 1.35. The van der Waals surface area contributed by atoms with Crippen molar-refractivity contribution in [2.45, 2.75) is 47.1 Å². The van der Waals surface area contributed by atoms with Gasteiger partial charge in [0.25, 0.3) is 0 Å². The summed E-state index contributed by atoms with van der Waals surface area (Å²) >= 11 is 0. The Kier molecular flexibility index (Phi) is 9.10. The number of ether oxygens (including phenoxy) is 1. The standard InChI is InChI=1S/C15H21NO3.C2H6/c1-10(2)9-14(17)16-11(3)12-5-7-13(8-6-12)15(18)19-4;1-2/h5-8,10-11H,9H2,1-4H3,(H,16,17);1-2H3. The number of rotatable bonds is 5. The van der Waals surface area contributed by atoms with E-state index in [1.54, 1.807) is 12.1 Å². The minimum absolute atomic E-state index is 0.0412. The first-order valence-electron chi connectivity index (χ1n) is 7.41.